The summed E-state index contributed by atoms with van der Waals surface area (Å²) in [5.41, 5.74) is 0.852. The predicted molar refractivity (Wildman–Crippen MR) is 120 cm³/mol. The molecule has 1 aliphatic rings. The molecule has 0 aliphatic carbocycles. The summed E-state index contributed by atoms with van der Waals surface area (Å²) in [6.07, 6.45) is 2.93. The van der Waals surface area contributed by atoms with Crippen LogP contribution in [0.1, 0.15) is 47.5 Å². The van der Waals surface area contributed by atoms with Gasteiger partial charge in [-0.05, 0) is 26.3 Å². The number of aliphatic hydroxyl groups is 1. The van der Waals surface area contributed by atoms with Crippen LogP contribution in [0.25, 0.3) is 0 Å². The fourth-order valence-electron chi connectivity index (χ4n) is 3.31. The number of carbonyl (C=O) groups is 2. The molecule has 6 atom stereocenters. The van der Waals surface area contributed by atoms with Crippen molar-refractivity contribution in [2.45, 2.75) is 78.2 Å². The average molecular weight is 457 g/mol. The van der Waals surface area contributed by atoms with Crippen LogP contribution < -0.4 is 0 Å². The third kappa shape index (κ3) is 9.11. The molecule has 184 valence electrons. The summed E-state index contributed by atoms with van der Waals surface area (Å²) in [6, 6.07) is 0. The number of methoxy groups -OCH3 is 2. The maximum atomic E-state index is 11.9. The zero-order valence-electron chi connectivity index (χ0n) is 20.4. The van der Waals surface area contributed by atoms with E-state index in [1.54, 1.807) is 19.1 Å². The fourth-order valence-corrected chi connectivity index (χ4v) is 3.31. The Morgan fingerprint density at radius 3 is 2.31 bits per heavy atom. The number of hydrogen-bond donors (Lipinski definition) is 1. The van der Waals surface area contributed by atoms with E-state index in [-0.39, 0.29) is 36.8 Å². The van der Waals surface area contributed by atoms with Gasteiger partial charge in [0.15, 0.2) is 12.1 Å². The molecule has 0 aromatic carbocycles. The minimum Gasteiger partial charge on any atom is -0.465 e. The average Bonchev–Trinajstić information content (AvgIpc) is 2.75. The molecule has 1 N–H and O–H groups in total. The second-order valence-corrected chi connectivity index (χ2v) is 8.43. The quantitative estimate of drug-likeness (QED) is 0.257. The van der Waals surface area contributed by atoms with Gasteiger partial charge in [-0.15, -0.1) is 0 Å². The summed E-state index contributed by atoms with van der Waals surface area (Å²) in [4.78, 5) is 23.7. The first-order valence-electron chi connectivity index (χ1n) is 11.2. The number of esters is 1. The topological polar surface area (TPSA) is 101 Å². The van der Waals surface area contributed by atoms with E-state index in [0.717, 1.165) is 5.57 Å². The number of hydrogen-bond acceptors (Lipinski definition) is 8. The molecule has 0 spiro atoms. The van der Waals surface area contributed by atoms with E-state index in [2.05, 4.69) is 0 Å². The summed E-state index contributed by atoms with van der Waals surface area (Å²) in [7, 11) is 3.01. The number of aliphatic hydroxyl groups excluding tert-OH is 1. The molecule has 1 aliphatic heterocycles. The number of allylic oxidation sites excluding steroid dienone is 3. The van der Waals surface area contributed by atoms with Gasteiger partial charge < -0.3 is 28.8 Å². The predicted octanol–water partition coefficient (Wildman–Crippen LogP) is 2.83. The summed E-state index contributed by atoms with van der Waals surface area (Å²) >= 11 is 0. The molecule has 0 aromatic rings. The maximum absolute atomic E-state index is 11.9. The highest BCUT2D eigenvalue weighted by molar-refractivity contribution is 5.91. The van der Waals surface area contributed by atoms with Crippen LogP contribution in [0, 0.1) is 11.8 Å². The van der Waals surface area contributed by atoms with Crippen molar-refractivity contribution in [1.82, 2.24) is 0 Å². The summed E-state index contributed by atoms with van der Waals surface area (Å²) in [5, 5.41) is 10.3. The van der Waals surface area contributed by atoms with Gasteiger partial charge in [-0.2, -0.15) is 0 Å². The van der Waals surface area contributed by atoms with Crippen molar-refractivity contribution in [3.05, 3.63) is 23.8 Å². The molecule has 0 radical (unpaired) electrons. The minimum atomic E-state index is -0.846. The van der Waals surface area contributed by atoms with Crippen LogP contribution in [0.2, 0.25) is 0 Å². The third-order valence-electron chi connectivity index (χ3n) is 5.27. The van der Waals surface area contributed by atoms with Gasteiger partial charge in [-0.25, -0.2) is 0 Å². The number of ketones is 1. The molecule has 0 aromatic heterocycles. The van der Waals surface area contributed by atoms with E-state index in [1.807, 2.05) is 33.8 Å². The Hall–Kier alpha value is -1.58. The Bertz CT molecular complexity index is 642. The Balaban J connectivity index is 2.90. The van der Waals surface area contributed by atoms with Gasteiger partial charge in [-0.3, -0.25) is 9.59 Å². The molecule has 8 nitrogen and oxygen atoms in total. The first kappa shape index (κ1) is 28.5. The van der Waals surface area contributed by atoms with Gasteiger partial charge in [0.25, 0.3) is 0 Å². The van der Waals surface area contributed by atoms with Crippen LogP contribution in [0.5, 0.6) is 0 Å². The maximum Gasteiger partial charge on any atom is 0.305 e. The van der Waals surface area contributed by atoms with Gasteiger partial charge >= 0.3 is 5.97 Å². The molecule has 32 heavy (non-hydrogen) atoms. The third-order valence-corrected chi connectivity index (χ3v) is 5.27. The van der Waals surface area contributed by atoms with Crippen LogP contribution in [-0.2, 0) is 33.3 Å². The van der Waals surface area contributed by atoms with E-state index in [9.17, 15) is 14.7 Å². The van der Waals surface area contributed by atoms with Crippen LogP contribution in [-0.4, -0.2) is 75.0 Å². The molecule has 0 amide bonds. The van der Waals surface area contributed by atoms with Crippen molar-refractivity contribution in [1.29, 1.82) is 0 Å². The van der Waals surface area contributed by atoms with Crippen molar-refractivity contribution >= 4 is 11.8 Å². The summed E-state index contributed by atoms with van der Waals surface area (Å²) in [6.45, 7) is 9.54. The van der Waals surface area contributed by atoms with Crippen molar-refractivity contribution in [2.75, 3.05) is 27.4 Å². The van der Waals surface area contributed by atoms with E-state index < -0.39 is 30.7 Å². The standard InChI is InChI=1S/C24H40O8/c1-8-9-20(26)30-13-18(12-16(4)10-11-19(25)15(2)3)14-31-24-23(29-7)22(28-6)21(27)17(5)32-24/h10-12,15,17-18,21-24,27H,8-9,13-14H2,1-7H3/b11-10+,16-12+. The Kier molecular flexibility index (Phi) is 12.9. The van der Waals surface area contributed by atoms with Gasteiger partial charge in [-0.1, -0.05) is 38.5 Å². The van der Waals surface area contributed by atoms with E-state index in [0.29, 0.717) is 12.8 Å². The number of rotatable bonds is 13. The second-order valence-electron chi connectivity index (χ2n) is 8.43. The summed E-state index contributed by atoms with van der Waals surface area (Å²) in [5.74, 6) is -0.571. The van der Waals surface area contributed by atoms with Crippen molar-refractivity contribution in [2.24, 2.45) is 11.8 Å². The second kappa shape index (κ2) is 14.5. The SMILES string of the molecule is CCCC(=O)OCC(/C=C(C)/C=C/C(=O)C(C)C)COC1OC(C)C(O)C(OC)C1OC. The van der Waals surface area contributed by atoms with Gasteiger partial charge in [0.05, 0.1) is 19.3 Å². The Morgan fingerprint density at radius 2 is 1.75 bits per heavy atom. The number of ether oxygens (including phenoxy) is 5. The van der Waals surface area contributed by atoms with Crippen LogP contribution in [0.3, 0.4) is 0 Å². The van der Waals surface area contributed by atoms with Gasteiger partial charge in [0.1, 0.15) is 18.3 Å². The normalized spacial score (nSPS) is 27.7. The van der Waals surface area contributed by atoms with Crippen molar-refractivity contribution in [3.8, 4) is 0 Å². The first-order chi connectivity index (χ1) is 15.1. The Morgan fingerprint density at radius 1 is 1.09 bits per heavy atom. The highest BCUT2D eigenvalue weighted by Crippen LogP contribution is 2.26. The monoisotopic (exact) mass is 456 g/mol. The highest BCUT2D eigenvalue weighted by Gasteiger charge is 2.45. The van der Waals surface area contributed by atoms with E-state index in [1.165, 1.54) is 14.2 Å². The lowest BCUT2D eigenvalue weighted by molar-refractivity contribution is -0.303. The molecule has 0 bridgehead atoms. The molecule has 1 saturated heterocycles. The molecule has 0 saturated carbocycles. The molecule has 1 rings (SSSR count). The first-order valence-corrected chi connectivity index (χ1v) is 11.2. The van der Waals surface area contributed by atoms with Crippen molar-refractivity contribution in [3.63, 3.8) is 0 Å². The lowest BCUT2D eigenvalue weighted by Crippen LogP contribution is -2.58. The van der Waals surface area contributed by atoms with Crippen LogP contribution in [0.15, 0.2) is 23.8 Å². The lowest BCUT2D eigenvalue weighted by atomic mass is 9.99. The van der Waals surface area contributed by atoms with Crippen molar-refractivity contribution < 1.29 is 38.4 Å². The fraction of sp³-hybridized carbons (Fsp3) is 0.750. The molecule has 1 heterocycles. The smallest absolute Gasteiger partial charge is 0.305 e. The minimum absolute atomic E-state index is 0.0385. The zero-order chi connectivity index (χ0) is 24.3. The molecule has 6 unspecified atom stereocenters. The molecule has 8 heteroatoms. The molecule has 1 fully saturated rings. The number of carbonyl (C=O) groups excluding carboxylic acids is 2. The highest BCUT2D eigenvalue weighted by atomic mass is 16.7. The van der Waals surface area contributed by atoms with Gasteiger partial charge in [0, 0.05) is 32.5 Å². The Labute approximate surface area is 191 Å². The largest absolute Gasteiger partial charge is 0.465 e. The van der Waals surface area contributed by atoms with Crippen LogP contribution in [0.4, 0.5) is 0 Å². The van der Waals surface area contributed by atoms with Gasteiger partial charge in [0.2, 0.25) is 0 Å². The van der Waals surface area contributed by atoms with E-state index >= 15 is 0 Å². The summed E-state index contributed by atoms with van der Waals surface area (Å²) < 4.78 is 28.1. The molecular formula is C24H40O8. The van der Waals surface area contributed by atoms with Crippen LogP contribution >= 0.6 is 0 Å². The zero-order valence-corrected chi connectivity index (χ0v) is 20.4. The molecular weight excluding hydrogens is 416 g/mol. The van der Waals surface area contributed by atoms with E-state index in [4.69, 9.17) is 23.7 Å². The lowest BCUT2D eigenvalue weighted by Gasteiger charge is -2.42.